The fourth-order valence-electron chi connectivity index (χ4n) is 1.07. The van der Waals surface area contributed by atoms with Gasteiger partial charge in [-0.15, -0.1) is 0 Å². The number of aromatic nitrogens is 2. The van der Waals surface area contributed by atoms with Crippen molar-refractivity contribution in [1.29, 1.82) is 0 Å². The number of ether oxygens (including phenoxy) is 1. The highest BCUT2D eigenvalue weighted by molar-refractivity contribution is 6.31. The number of methoxy groups -OCH3 is 1. The van der Waals surface area contributed by atoms with E-state index < -0.39 is 0 Å². The van der Waals surface area contributed by atoms with Gasteiger partial charge in [0.2, 0.25) is 0 Å². The monoisotopic (exact) mass is 243 g/mol. The Kier molecular flexibility index (Phi) is 4.49. The fourth-order valence-corrected chi connectivity index (χ4v) is 1.31. The summed E-state index contributed by atoms with van der Waals surface area (Å²) >= 11 is 5.90. The van der Waals surface area contributed by atoms with Crippen LogP contribution in [0.1, 0.15) is 17.8 Å². The van der Waals surface area contributed by atoms with Crippen molar-refractivity contribution in [2.45, 2.75) is 20.3 Å². The van der Waals surface area contributed by atoms with E-state index in [0.29, 0.717) is 17.5 Å². The van der Waals surface area contributed by atoms with E-state index >= 15 is 0 Å². The highest BCUT2D eigenvalue weighted by Gasteiger charge is 2.07. The highest BCUT2D eigenvalue weighted by atomic mass is 35.5. The Balaban J connectivity index is 2.60. The number of esters is 1. The van der Waals surface area contributed by atoms with Gasteiger partial charge in [-0.2, -0.15) is 0 Å². The van der Waals surface area contributed by atoms with Crippen molar-refractivity contribution in [3.8, 4) is 0 Å². The maximum absolute atomic E-state index is 10.9. The topological polar surface area (TPSA) is 64.1 Å². The molecule has 0 aliphatic carbocycles. The van der Waals surface area contributed by atoms with Crippen LogP contribution in [-0.4, -0.2) is 29.6 Å². The van der Waals surface area contributed by atoms with E-state index in [9.17, 15) is 4.79 Å². The van der Waals surface area contributed by atoms with E-state index in [2.05, 4.69) is 20.0 Å². The van der Waals surface area contributed by atoms with E-state index in [4.69, 9.17) is 11.6 Å². The molecule has 0 radical (unpaired) electrons. The number of hydrogen-bond acceptors (Lipinski definition) is 5. The summed E-state index contributed by atoms with van der Waals surface area (Å²) in [6, 6.07) is 0. The second-order valence-corrected chi connectivity index (χ2v) is 3.64. The lowest BCUT2D eigenvalue weighted by atomic mass is 10.3. The van der Waals surface area contributed by atoms with Crippen molar-refractivity contribution in [1.82, 2.24) is 9.97 Å². The largest absolute Gasteiger partial charge is 0.469 e. The molecule has 0 aliphatic heterocycles. The molecular formula is C10H14ClN3O2. The molecule has 6 heteroatoms. The summed E-state index contributed by atoms with van der Waals surface area (Å²) < 4.78 is 4.51. The third kappa shape index (κ3) is 3.34. The summed E-state index contributed by atoms with van der Waals surface area (Å²) in [7, 11) is 1.35. The van der Waals surface area contributed by atoms with Crippen LogP contribution >= 0.6 is 11.6 Å². The molecule has 16 heavy (non-hydrogen) atoms. The molecule has 0 saturated heterocycles. The Bertz CT molecular complexity index is 396. The third-order valence-electron chi connectivity index (χ3n) is 2.11. The number of rotatable bonds is 4. The van der Waals surface area contributed by atoms with E-state index in [1.165, 1.54) is 7.11 Å². The van der Waals surface area contributed by atoms with Crippen molar-refractivity contribution >= 4 is 23.4 Å². The van der Waals surface area contributed by atoms with Crippen LogP contribution in [0.25, 0.3) is 0 Å². The highest BCUT2D eigenvalue weighted by Crippen LogP contribution is 2.18. The molecule has 0 spiro atoms. The molecule has 0 unspecified atom stereocenters. The van der Waals surface area contributed by atoms with Gasteiger partial charge in [0.25, 0.3) is 0 Å². The number of carbonyl (C=O) groups is 1. The zero-order valence-electron chi connectivity index (χ0n) is 9.50. The second-order valence-electron chi connectivity index (χ2n) is 3.29. The Morgan fingerprint density at radius 3 is 2.62 bits per heavy atom. The number of anilines is 1. The van der Waals surface area contributed by atoms with Gasteiger partial charge in [0.15, 0.2) is 11.0 Å². The van der Waals surface area contributed by atoms with Crippen LogP contribution in [0, 0.1) is 13.8 Å². The molecule has 0 aromatic carbocycles. The molecule has 1 rings (SSSR count). The number of halogens is 1. The minimum Gasteiger partial charge on any atom is -0.469 e. The Morgan fingerprint density at radius 2 is 2.00 bits per heavy atom. The minimum absolute atomic E-state index is 0.265. The lowest BCUT2D eigenvalue weighted by Gasteiger charge is -2.08. The second kappa shape index (κ2) is 5.65. The first-order valence-corrected chi connectivity index (χ1v) is 5.23. The number of nitrogens with zero attached hydrogens (tertiary/aromatic N) is 2. The molecule has 0 aliphatic rings. The lowest BCUT2D eigenvalue weighted by Crippen LogP contribution is -2.11. The Labute approximate surface area is 99.2 Å². The molecular weight excluding hydrogens is 230 g/mol. The predicted octanol–water partition coefficient (Wildman–Crippen LogP) is 1.72. The predicted molar refractivity (Wildman–Crippen MR) is 61.6 cm³/mol. The van der Waals surface area contributed by atoms with Gasteiger partial charge in [-0.05, 0) is 13.8 Å². The zero-order valence-corrected chi connectivity index (χ0v) is 10.3. The quantitative estimate of drug-likeness (QED) is 0.816. The molecule has 0 bridgehead atoms. The van der Waals surface area contributed by atoms with Crippen molar-refractivity contribution in [3.63, 3.8) is 0 Å². The SMILES string of the molecule is COC(=O)CCNc1nc(C)c(C)nc1Cl. The van der Waals surface area contributed by atoms with Gasteiger partial charge in [0, 0.05) is 6.54 Å². The van der Waals surface area contributed by atoms with Gasteiger partial charge in [0.1, 0.15) is 0 Å². The van der Waals surface area contributed by atoms with Crippen LogP contribution in [0.15, 0.2) is 0 Å². The molecule has 1 aromatic heterocycles. The normalized spacial score (nSPS) is 10.0. The fraction of sp³-hybridized carbons (Fsp3) is 0.500. The van der Waals surface area contributed by atoms with Crippen LogP contribution < -0.4 is 5.32 Å². The van der Waals surface area contributed by atoms with Crippen molar-refractivity contribution < 1.29 is 9.53 Å². The summed E-state index contributed by atoms with van der Waals surface area (Å²) in [5.41, 5.74) is 1.61. The molecule has 0 amide bonds. The number of nitrogens with one attached hydrogen (secondary N) is 1. The molecule has 5 nitrogen and oxygen atoms in total. The van der Waals surface area contributed by atoms with Gasteiger partial charge in [-0.1, -0.05) is 11.6 Å². The van der Waals surface area contributed by atoms with E-state index in [1.54, 1.807) is 0 Å². The van der Waals surface area contributed by atoms with Crippen LogP contribution in [-0.2, 0) is 9.53 Å². The van der Waals surface area contributed by atoms with E-state index in [1.807, 2.05) is 13.8 Å². The summed E-state index contributed by atoms with van der Waals surface area (Å²) in [5.74, 6) is 0.217. The summed E-state index contributed by atoms with van der Waals surface area (Å²) in [5, 5.41) is 3.25. The number of hydrogen-bond donors (Lipinski definition) is 1. The molecule has 0 saturated carbocycles. The summed E-state index contributed by atoms with van der Waals surface area (Å²) in [6.45, 7) is 4.11. The number of aryl methyl sites for hydroxylation is 2. The average molecular weight is 244 g/mol. The van der Waals surface area contributed by atoms with Crippen LogP contribution in [0.5, 0.6) is 0 Å². The molecule has 1 aromatic rings. The molecule has 1 heterocycles. The maximum Gasteiger partial charge on any atom is 0.307 e. The summed E-state index contributed by atoms with van der Waals surface area (Å²) in [6.07, 6.45) is 0.265. The third-order valence-corrected chi connectivity index (χ3v) is 2.38. The van der Waals surface area contributed by atoms with Gasteiger partial charge < -0.3 is 10.1 Å². The summed E-state index contributed by atoms with van der Waals surface area (Å²) in [4.78, 5) is 19.2. The van der Waals surface area contributed by atoms with Crippen molar-refractivity contribution in [2.24, 2.45) is 0 Å². The zero-order chi connectivity index (χ0) is 12.1. The lowest BCUT2D eigenvalue weighted by molar-refractivity contribution is -0.140. The van der Waals surface area contributed by atoms with Gasteiger partial charge in [-0.25, -0.2) is 9.97 Å². The van der Waals surface area contributed by atoms with E-state index in [0.717, 1.165) is 11.4 Å². The van der Waals surface area contributed by atoms with Crippen LogP contribution in [0.3, 0.4) is 0 Å². The average Bonchev–Trinajstić information content (AvgIpc) is 2.25. The minimum atomic E-state index is -0.277. The first-order chi connectivity index (χ1) is 7.54. The van der Waals surface area contributed by atoms with Crippen molar-refractivity contribution in [2.75, 3.05) is 19.0 Å². The van der Waals surface area contributed by atoms with Gasteiger partial charge in [-0.3, -0.25) is 4.79 Å². The Morgan fingerprint density at radius 1 is 1.38 bits per heavy atom. The first kappa shape index (κ1) is 12.7. The molecule has 0 fully saturated rings. The molecule has 88 valence electrons. The van der Waals surface area contributed by atoms with Gasteiger partial charge >= 0.3 is 5.97 Å². The van der Waals surface area contributed by atoms with Crippen molar-refractivity contribution in [3.05, 3.63) is 16.5 Å². The van der Waals surface area contributed by atoms with Gasteiger partial charge in [0.05, 0.1) is 24.9 Å². The first-order valence-electron chi connectivity index (χ1n) is 4.86. The smallest absolute Gasteiger partial charge is 0.307 e. The van der Waals surface area contributed by atoms with Crippen LogP contribution in [0.4, 0.5) is 5.82 Å². The molecule has 1 N–H and O–H groups in total. The molecule has 0 atom stereocenters. The maximum atomic E-state index is 10.9. The van der Waals surface area contributed by atoms with Crippen LogP contribution in [0.2, 0.25) is 5.15 Å². The number of carbonyl (C=O) groups excluding carboxylic acids is 1. The standard InChI is InChI=1S/C10H14ClN3O2/c1-6-7(2)14-10(9(11)13-6)12-5-4-8(15)16-3/h4-5H2,1-3H3,(H,12,14). The Hall–Kier alpha value is -1.36. The van der Waals surface area contributed by atoms with E-state index in [-0.39, 0.29) is 12.4 Å².